The molecule has 1 aromatic rings. The molecule has 1 N–H and O–H groups in total. The third kappa shape index (κ3) is 3.71. The maximum absolute atomic E-state index is 10.0. The van der Waals surface area contributed by atoms with E-state index in [0.717, 1.165) is 37.5 Å². The molecule has 2 nitrogen and oxygen atoms in total. The molecule has 3 heteroatoms. The second-order valence-electron chi connectivity index (χ2n) is 5.83. The van der Waals surface area contributed by atoms with Gasteiger partial charge >= 0.3 is 0 Å². The molecule has 0 radical (unpaired) electrons. The Hall–Kier alpha value is -0.570. The van der Waals surface area contributed by atoms with Crippen LogP contribution in [0.4, 0.5) is 0 Å². The maximum atomic E-state index is 10.0. The Bertz CT molecular complexity index is 392. The SMILES string of the molecule is CC(C)(O)C1CCN(Cc2cccc(Cl)c2)CC1. The zero-order chi connectivity index (χ0) is 13.2. The Morgan fingerprint density at radius 3 is 2.56 bits per heavy atom. The highest BCUT2D eigenvalue weighted by Gasteiger charge is 2.30. The van der Waals surface area contributed by atoms with E-state index in [1.165, 1.54) is 5.56 Å². The summed E-state index contributed by atoms with van der Waals surface area (Å²) in [5, 5.41) is 10.8. The van der Waals surface area contributed by atoms with Crippen LogP contribution in [0.3, 0.4) is 0 Å². The molecule has 1 aliphatic rings. The van der Waals surface area contributed by atoms with Gasteiger partial charge in [-0.15, -0.1) is 0 Å². The van der Waals surface area contributed by atoms with E-state index in [1.807, 2.05) is 32.0 Å². The van der Waals surface area contributed by atoms with Gasteiger partial charge in [-0.05, 0) is 63.4 Å². The third-order valence-corrected chi connectivity index (χ3v) is 4.12. The van der Waals surface area contributed by atoms with Crippen molar-refractivity contribution < 1.29 is 5.11 Å². The fourth-order valence-corrected chi connectivity index (χ4v) is 2.90. The molecule has 1 heterocycles. The van der Waals surface area contributed by atoms with E-state index in [9.17, 15) is 5.11 Å². The highest BCUT2D eigenvalue weighted by molar-refractivity contribution is 6.30. The minimum atomic E-state index is -0.540. The fourth-order valence-electron chi connectivity index (χ4n) is 2.69. The van der Waals surface area contributed by atoms with Gasteiger partial charge in [0.05, 0.1) is 5.60 Å². The van der Waals surface area contributed by atoms with Crippen molar-refractivity contribution in [1.29, 1.82) is 0 Å². The zero-order valence-electron chi connectivity index (χ0n) is 11.2. The molecule has 18 heavy (non-hydrogen) atoms. The highest BCUT2D eigenvalue weighted by Crippen LogP contribution is 2.28. The van der Waals surface area contributed by atoms with Crippen LogP contribution in [0.2, 0.25) is 5.02 Å². The molecule has 0 bridgehead atoms. The average molecular weight is 268 g/mol. The van der Waals surface area contributed by atoms with Crippen LogP contribution in [-0.4, -0.2) is 28.7 Å². The maximum Gasteiger partial charge on any atom is 0.0620 e. The van der Waals surface area contributed by atoms with Crippen molar-refractivity contribution in [3.05, 3.63) is 34.9 Å². The Labute approximate surface area is 115 Å². The summed E-state index contributed by atoms with van der Waals surface area (Å²) in [6.07, 6.45) is 2.15. The first kappa shape index (κ1) is 13.9. The van der Waals surface area contributed by atoms with E-state index >= 15 is 0 Å². The van der Waals surface area contributed by atoms with Gasteiger partial charge in [0.1, 0.15) is 0 Å². The van der Waals surface area contributed by atoms with Gasteiger partial charge in [-0.25, -0.2) is 0 Å². The molecule has 0 aliphatic carbocycles. The molecule has 1 saturated heterocycles. The molecule has 0 atom stereocenters. The smallest absolute Gasteiger partial charge is 0.0620 e. The summed E-state index contributed by atoms with van der Waals surface area (Å²) in [6, 6.07) is 8.06. The van der Waals surface area contributed by atoms with Gasteiger partial charge in [-0.3, -0.25) is 4.90 Å². The highest BCUT2D eigenvalue weighted by atomic mass is 35.5. The number of hydrogen-bond donors (Lipinski definition) is 1. The molecule has 2 rings (SSSR count). The number of benzene rings is 1. The number of piperidine rings is 1. The minimum absolute atomic E-state index is 0.424. The van der Waals surface area contributed by atoms with Crippen LogP contribution >= 0.6 is 11.6 Å². The van der Waals surface area contributed by atoms with Crippen molar-refractivity contribution in [2.45, 2.75) is 38.8 Å². The predicted molar refractivity (Wildman–Crippen MR) is 75.8 cm³/mol. The molecular formula is C15H22ClNO. The summed E-state index contributed by atoms with van der Waals surface area (Å²) in [4.78, 5) is 2.44. The molecule has 1 aliphatic heterocycles. The quantitative estimate of drug-likeness (QED) is 0.908. The van der Waals surface area contributed by atoms with Crippen molar-refractivity contribution in [2.24, 2.45) is 5.92 Å². The third-order valence-electron chi connectivity index (χ3n) is 3.88. The lowest BCUT2D eigenvalue weighted by atomic mass is 9.83. The van der Waals surface area contributed by atoms with E-state index in [4.69, 9.17) is 11.6 Å². The number of hydrogen-bond acceptors (Lipinski definition) is 2. The second-order valence-corrected chi connectivity index (χ2v) is 6.27. The molecule has 100 valence electrons. The number of aliphatic hydroxyl groups is 1. The van der Waals surface area contributed by atoms with Gasteiger partial charge in [0.2, 0.25) is 0 Å². The first-order chi connectivity index (χ1) is 8.45. The Morgan fingerprint density at radius 2 is 2.00 bits per heavy atom. The van der Waals surface area contributed by atoms with Crippen molar-refractivity contribution in [2.75, 3.05) is 13.1 Å². The second kappa shape index (κ2) is 5.60. The van der Waals surface area contributed by atoms with Crippen molar-refractivity contribution in [1.82, 2.24) is 4.90 Å². The lowest BCUT2D eigenvalue weighted by molar-refractivity contribution is -0.0136. The van der Waals surface area contributed by atoms with Crippen LogP contribution in [0.15, 0.2) is 24.3 Å². The summed E-state index contributed by atoms with van der Waals surface area (Å²) in [5.41, 5.74) is 0.728. The normalized spacial score (nSPS) is 19.1. The molecule has 0 aromatic heterocycles. The molecule has 0 unspecified atom stereocenters. The summed E-state index contributed by atoms with van der Waals surface area (Å²) < 4.78 is 0. The molecular weight excluding hydrogens is 246 g/mol. The summed E-state index contributed by atoms with van der Waals surface area (Å²) in [7, 11) is 0. The van der Waals surface area contributed by atoms with Crippen LogP contribution in [0, 0.1) is 5.92 Å². The van der Waals surface area contributed by atoms with Gasteiger partial charge in [0.15, 0.2) is 0 Å². The number of nitrogens with zero attached hydrogens (tertiary/aromatic N) is 1. The Morgan fingerprint density at radius 1 is 1.33 bits per heavy atom. The molecule has 0 amide bonds. The van der Waals surface area contributed by atoms with E-state index < -0.39 is 5.60 Å². The van der Waals surface area contributed by atoms with Gasteiger partial charge in [-0.1, -0.05) is 23.7 Å². The van der Waals surface area contributed by atoms with Crippen molar-refractivity contribution in [3.63, 3.8) is 0 Å². The molecule has 0 saturated carbocycles. The number of rotatable bonds is 3. The lowest BCUT2D eigenvalue weighted by Crippen LogP contribution is -2.41. The zero-order valence-corrected chi connectivity index (χ0v) is 12.0. The molecule has 0 spiro atoms. The van der Waals surface area contributed by atoms with Crippen molar-refractivity contribution in [3.8, 4) is 0 Å². The largest absolute Gasteiger partial charge is 0.390 e. The first-order valence-corrected chi connectivity index (χ1v) is 7.02. The van der Waals surface area contributed by atoms with Gasteiger partial charge < -0.3 is 5.11 Å². The first-order valence-electron chi connectivity index (χ1n) is 6.64. The molecule has 1 fully saturated rings. The van der Waals surface area contributed by atoms with E-state index in [-0.39, 0.29) is 0 Å². The lowest BCUT2D eigenvalue weighted by Gasteiger charge is -2.37. The van der Waals surface area contributed by atoms with E-state index in [1.54, 1.807) is 0 Å². The van der Waals surface area contributed by atoms with E-state index in [2.05, 4.69) is 11.0 Å². The monoisotopic (exact) mass is 267 g/mol. The Balaban J connectivity index is 1.87. The van der Waals surface area contributed by atoms with Crippen LogP contribution in [-0.2, 0) is 6.54 Å². The fraction of sp³-hybridized carbons (Fsp3) is 0.600. The van der Waals surface area contributed by atoms with Crippen LogP contribution in [0.1, 0.15) is 32.3 Å². The van der Waals surface area contributed by atoms with Crippen molar-refractivity contribution >= 4 is 11.6 Å². The summed E-state index contributed by atoms with van der Waals surface area (Å²) in [6.45, 7) is 6.91. The summed E-state index contributed by atoms with van der Waals surface area (Å²) in [5.74, 6) is 0.424. The van der Waals surface area contributed by atoms with Gasteiger partial charge in [0, 0.05) is 11.6 Å². The summed E-state index contributed by atoms with van der Waals surface area (Å²) >= 11 is 5.99. The Kier molecular flexibility index (Phi) is 4.31. The van der Waals surface area contributed by atoms with Crippen LogP contribution < -0.4 is 0 Å². The van der Waals surface area contributed by atoms with Crippen LogP contribution in [0.5, 0.6) is 0 Å². The minimum Gasteiger partial charge on any atom is -0.390 e. The average Bonchev–Trinajstić information content (AvgIpc) is 2.28. The number of likely N-dealkylation sites (tertiary alicyclic amines) is 1. The van der Waals surface area contributed by atoms with Gasteiger partial charge in [0.25, 0.3) is 0 Å². The molecule has 1 aromatic carbocycles. The van der Waals surface area contributed by atoms with E-state index in [0.29, 0.717) is 5.92 Å². The predicted octanol–water partition coefficient (Wildman–Crippen LogP) is 3.32. The van der Waals surface area contributed by atoms with Crippen LogP contribution in [0.25, 0.3) is 0 Å². The topological polar surface area (TPSA) is 23.5 Å². The standard InChI is InChI=1S/C15H22ClNO/c1-15(2,18)13-6-8-17(9-7-13)11-12-4-3-5-14(16)10-12/h3-5,10,13,18H,6-9,11H2,1-2H3. The number of halogens is 1. The van der Waals surface area contributed by atoms with Gasteiger partial charge in [-0.2, -0.15) is 0 Å².